The molecule has 0 saturated carbocycles. The standard InChI is InChI=1S/C8H14N4O3S/c1-12-5-4-11-7(8(12)13)10-3-2-6-16(9,14)15/h4-5H,2-3,6H2,1H3,(H,10,11)(H2,9,14,15). The molecule has 16 heavy (non-hydrogen) atoms. The minimum absolute atomic E-state index is 0.118. The molecule has 0 saturated heterocycles. The summed E-state index contributed by atoms with van der Waals surface area (Å²) in [5, 5.41) is 7.59. The number of nitrogens with two attached hydrogens (primary N) is 1. The van der Waals surface area contributed by atoms with Crippen LogP contribution in [-0.2, 0) is 17.1 Å². The second kappa shape index (κ2) is 5.08. The summed E-state index contributed by atoms with van der Waals surface area (Å²) in [5.74, 6) is 0.0899. The highest BCUT2D eigenvalue weighted by Gasteiger charge is 2.04. The minimum atomic E-state index is -3.44. The van der Waals surface area contributed by atoms with E-state index in [1.165, 1.54) is 17.0 Å². The van der Waals surface area contributed by atoms with Crippen LogP contribution in [0.5, 0.6) is 0 Å². The maximum atomic E-state index is 11.5. The number of nitrogens with one attached hydrogen (secondary N) is 1. The second-order valence-corrected chi connectivity index (χ2v) is 5.07. The highest BCUT2D eigenvalue weighted by Crippen LogP contribution is 1.93. The van der Waals surface area contributed by atoms with Gasteiger partial charge in [0, 0.05) is 26.0 Å². The van der Waals surface area contributed by atoms with Gasteiger partial charge in [0.1, 0.15) is 0 Å². The lowest BCUT2D eigenvalue weighted by atomic mass is 10.4. The van der Waals surface area contributed by atoms with Gasteiger partial charge >= 0.3 is 0 Å². The predicted molar refractivity (Wildman–Crippen MR) is 60.6 cm³/mol. The van der Waals surface area contributed by atoms with E-state index in [2.05, 4.69) is 10.3 Å². The van der Waals surface area contributed by atoms with Crippen molar-refractivity contribution in [3.8, 4) is 0 Å². The van der Waals surface area contributed by atoms with Crippen molar-refractivity contribution in [1.29, 1.82) is 0 Å². The first-order chi connectivity index (χ1) is 7.40. The number of aromatic nitrogens is 2. The third-order valence-corrected chi connectivity index (χ3v) is 2.77. The molecule has 0 spiro atoms. The second-order valence-electron chi connectivity index (χ2n) is 3.34. The molecule has 0 bridgehead atoms. The molecule has 1 rings (SSSR count). The van der Waals surface area contributed by atoms with E-state index in [4.69, 9.17) is 5.14 Å². The molecule has 1 aromatic rings. The van der Waals surface area contributed by atoms with Gasteiger partial charge in [-0.15, -0.1) is 0 Å². The number of nitrogens with zero attached hydrogens (tertiary/aromatic N) is 2. The Labute approximate surface area is 93.4 Å². The van der Waals surface area contributed by atoms with Crippen LogP contribution in [0.1, 0.15) is 6.42 Å². The van der Waals surface area contributed by atoms with Crippen LogP contribution in [-0.4, -0.2) is 30.3 Å². The number of sulfonamides is 1. The Morgan fingerprint density at radius 3 is 2.88 bits per heavy atom. The Morgan fingerprint density at radius 1 is 1.56 bits per heavy atom. The molecule has 0 aliphatic rings. The molecule has 0 unspecified atom stereocenters. The molecule has 8 heteroatoms. The van der Waals surface area contributed by atoms with Crippen molar-refractivity contribution in [2.45, 2.75) is 6.42 Å². The molecular weight excluding hydrogens is 232 g/mol. The summed E-state index contributed by atoms with van der Waals surface area (Å²) in [6.45, 7) is 0.336. The summed E-state index contributed by atoms with van der Waals surface area (Å²) in [6, 6.07) is 0. The number of anilines is 1. The van der Waals surface area contributed by atoms with Gasteiger partial charge in [-0.25, -0.2) is 18.5 Å². The van der Waals surface area contributed by atoms with Crippen LogP contribution in [0.3, 0.4) is 0 Å². The van der Waals surface area contributed by atoms with E-state index in [0.717, 1.165) is 0 Å². The van der Waals surface area contributed by atoms with Crippen LogP contribution in [0.2, 0.25) is 0 Å². The van der Waals surface area contributed by atoms with Crippen LogP contribution in [0.25, 0.3) is 0 Å². The Bertz CT molecular complexity index is 508. The van der Waals surface area contributed by atoms with Gasteiger partial charge in [0.05, 0.1) is 5.75 Å². The Balaban J connectivity index is 2.50. The van der Waals surface area contributed by atoms with Gasteiger partial charge in [0.15, 0.2) is 5.82 Å². The molecule has 90 valence electrons. The Kier molecular flexibility index (Phi) is 4.02. The zero-order valence-corrected chi connectivity index (χ0v) is 9.70. The van der Waals surface area contributed by atoms with Crippen LogP contribution in [0.4, 0.5) is 5.82 Å². The lowest BCUT2D eigenvalue weighted by Crippen LogP contribution is -2.24. The molecule has 0 aliphatic carbocycles. The number of aryl methyl sites for hydroxylation is 1. The van der Waals surface area contributed by atoms with Crippen LogP contribution in [0, 0.1) is 0 Å². The van der Waals surface area contributed by atoms with Crippen LogP contribution in [0.15, 0.2) is 17.2 Å². The molecule has 1 aromatic heterocycles. The smallest absolute Gasteiger partial charge is 0.293 e. The van der Waals surface area contributed by atoms with Crippen molar-refractivity contribution in [2.24, 2.45) is 12.2 Å². The highest BCUT2D eigenvalue weighted by molar-refractivity contribution is 7.89. The molecule has 1 heterocycles. The first kappa shape index (κ1) is 12.7. The Hall–Kier alpha value is -1.41. The highest BCUT2D eigenvalue weighted by atomic mass is 32.2. The van der Waals surface area contributed by atoms with Crippen molar-refractivity contribution in [3.63, 3.8) is 0 Å². The zero-order valence-electron chi connectivity index (χ0n) is 8.88. The van der Waals surface area contributed by atoms with E-state index in [9.17, 15) is 13.2 Å². The molecule has 0 amide bonds. The van der Waals surface area contributed by atoms with E-state index in [1.807, 2.05) is 0 Å². The third-order valence-electron chi connectivity index (χ3n) is 1.91. The van der Waals surface area contributed by atoms with Crippen LogP contribution >= 0.6 is 0 Å². The summed E-state index contributed by atoms with van der Waals surface area (Å²) in [4.78, 5) is 15.3. The van der Waals surface area contributed by atoms with Crippen molar-refractivity contribution < 1.29 is 8.42 Å². The fraction of sp³-hybridized carbons (Fsp3) is 0.500. The maximum Gasteiger partial charge on any atom is 0.293 e. The lowest BCUT2D eigenvalue weighted by molar-refractivity contribution is 0.595. The first-order valence-corrected chi connectivity index (χ1v) is 6.37. The van der Waals surface area contributed by atoms with E-state index < -0.39 is 10.0 Å². The van der Waals surface area contributed by atoms with Gasteiger partial charge in [0.2, 0.25) is 10.0 Å². The molecule has 0 fully saturated rings. The van der Waals surface area contributed by atoms with Gasteiger partial charge in [-0.3, -0.25) is 4.79 Å². The van der Waals surface area contributed by atoms with Crippen molar-refractivity contribution in [3.05, 3.63) is 22.7 Å². The Morgan fingerprint density at radius 2 is 2.25 bits per heavy atom. The number of primary sulfonamides is 1. The summed E-state index contributed by atoms with van der Waals surface area (Å²) < 4.78 is 22.6. The lowest BCUT2D eigenvalue weighted by Gasteiger charge is -2.05. The van der Waals surface area contributed by atoms with Crippen molar-refractivity contribution in [2.75, 3.05) is 17.6 Å². The topological polar surface area (TPSA) is 107 Å². The van der Waals surface area contributed by atoms with Gasteiger partial charge in [-0.05, 0) is 6.42 Å². The minimum Gasteiger partial charge on any atom is -0.365 e. The largest absolute Gasteiger partial charge is 0.365 e. The van der Waals surface area contributed by atoms with Crippen molar-refractivity contribution >= 4 is 15.8 Å². The number of hydrogen-bond donors (Lipinski definition) is 2. The van der Waals surface area contributed by atoms with Gasteiger partial charge in [-0.2, -0.15) is 0 Å². The fourth-order valence-corrected chi connectivity index (χ4v) is 1.65. The molecule has 0 aromatic carbocycles. The molecule has 0 atom stereocenters. The van der Waals surface area contributed by atoms with Gasteiger partial charge < -0.3 is 9.88 Å². The monoisotopic (exact) mass is 246 g/mol. The van der Waals surface area contributed by atoms with E-state index in [1.54, 1.807) is 7.05 Å². The van der Waals surface area contributed by atoms with E-state index in [0.29, 0.717) is 13.0 Å². The van der Waals surface area contributed by atoms with E-state index >= 15 is 0 Å². The summed E-state index contributed by atoms with van der Waals surface area (Å²) >= 11 is 0. The normalized spacial score (nSPS) is 11.4. The number of hydrogen-bond acceptors (Lipinski definition) is 5. The number of rotatable bonds is 5. The fourth-order valence-electron chi connectivity index (χ4n) is 1.10. The molecule has 3 N–H and O–H groups in total. The third kappa shape index (κ3) is 3.99. The maximum absolute atomic E-state index is 11.5. The van der Waals surface area contributed by atoms with Crippen LogP contribution < -0.4 is 16.0 Å². The molecule has 0 radical (unpaired) electrons. The summed E-state index contributed by atoms with van der Waals surface area (Å²) in [7, 11) is -1.83. The molecular formula is C8H14N4O3S. The molecule has 0 aliphatic heterocycles. The predicted octanol–water partition coefficient (Wildman–Crippen LogP) is -1.13. The summed E-state index contributed by atoms with van der Waals surface area (Å²) in [5.41, 5.74) is -0.252. The van der Waals surface area contributed by atoms with Crippen molar-refractivity contribution in [1.82, 2.24) is 9.55 Å². The quantitative estimate of drug-likeness (QED) is 0.639. The average molecular weight is 246 g/mol. The van der Waals surface area contributed by atoms with Gasteiger partial charge in [0.25, 0.3) is 5.56 Å². The SMILES string of the molecule is Cn1ccnc(NCCCS(N)(=O)=O)c1=O. The van der Waals surface area contributed by atoms with Gasteiger partial charge in [-0.1, -0.05) is 0 Å². The average Bonchev–Trinajstić information content (AvgIpc) is 2.17. The zero-order chi connectivity index (χ0) is 12.2. The van der Waals surface area contributed by atoms with E-state index in [-0.39, 0.29) is 17.1 Å². The first-order valence-electron chi connectivity index (χ1n) is 4.66. The molecule has 7 nitrogen and oxygen atoms in total. The summed E-state index contributed by atoms with van der Waals surface area (Å²) in [6.07, 6.45) is 3.36.